The van der Waals surface area contributed by atoms with Crippen LogP contribution in [0.15, 0.2) is 0 Å². The molecule has 0 aromatic heterocycles. The van der Waals surface area contributed by atoms with Crippen molar-refractivity contribution >= 4 is 5.84 Å². The van der Waals surface area contributed by atoms with E-state index >= 15 is 0 Å². The van der Waals surface area contributed by atoms with Gasteiger partial charge in [0.15, 0.2) is 0 Å². The van der Waals surface area contributed by atoms with E-state index in [9.17, 15) is 0 Å². The molecule has 0 saturated heterocycles. The molecule has 44 heavy (non-hydrogen) atoms. The highest BCUT2D eigenvalue weighted by molar-refractivity contribution is 5.78. The van der Waals surface area contributed by atoms with Crippen LogP contribution < -0.4 is 5.43 Å². The van der Waals surface area contributed by atoms with Crippen LogP contribution in [0.4, 0.5) is 0 Å². The zero-order valence-corrected chi connectivity index (χ0v) is 31.2. The van der Waals surface area contributed by atoms with Gasteiger partial charge in [-0.05, 0) is 19.3 Å². The maximum Gasteiger partial charge on any atom is 0.265 e. The smallest absolute Gasteiger partial charge is 0.260 e. The van der Waals surface area contributed by atoms with Crippen molar-refractivity contribution in [3.05, 3.63) is 0 Å². The van der Waals surface area contributed by atoms with E-state index in [1.165, 1.54) is 218 Å². The summed E-state index contributed by atoms with van der Waals surface area (Å²) in [4.78, 5) is 0. The quantitative estimate of drug-likeness (QED) is 0.0562. The molecule has 0 fully saturated rings. The van der Waals surface area contributed by atoms with Crippen LogP contribution in [0.1, 0.15) is 233 Å². The Hall–Kier alpha value is -0.570. The minimum absolute atomic E-state index is 0.680. The molecule has 1 atom stereocenters. The zero-order valence-electron chi connectivity index (χ0n) is 31.2. The van der Waals surface area contributed by atoms with Crippen LogP contribution in [0.25, 0.3) is 0 Å². The Morgan fingerprint density at radius 2 is 0.795 bits per heavy atom. The van der Waals surface area contributed by atoms with Gasteiger partial charge in [0.1, 0.15) is 12.6 Å². The number of amidine groups is 1. The van der Waals surface area contributed by atoms with Gasteiger partial charge in [-0.3, -0.25) is 4.58 Å². The summed E-state index contributed by atoms with van der Waals surface area (Å²) in [6.07, 6.45) is 47.2. The number of hydrazine groups is 1. The molecule has 3 heteroatoms. The van der Waals surface area contributed by atoms with Crippen molar-refractivity contribution in [2.75, 3.05) is 20.1 Å². The fourth-order valence-electron chi connectivity index (χ4n) is 7.25. The number of unbranched alkanes of at least 4 members (excludes halogenated alkanes) is 29. The molecule has 1 N–H and O–H groups in total. The van der Waals surface area contributed by atoms with Crippen LogP contribution in [-0.2, 0) is 0 Å². The Kier molecular flexibility index (Phi) is 30.5. The van der Waals surface area contributed by atoms with Crippen molar-refractivity contribution in [2.45, 2.75) is 239 Å². The zero-order chi connectivity index (χ0) is 31.8. The predicted molar refractivity (Wildman–Crippen MR) is 199 cm³/mol. The summed E-state index contributed by atoms with van der Waals surface area (Å²) in [6.45, 7) is 9.28. The van der Waals surface area contributed by atoms with Crippen LogP contribution in [0.3, 0.4) is 0 Å². The minimum Gasteiger partial charge on any atom is -0.260 e. The Labute approximate surface area is 279 Å². The highest BCUT2D eigenvalue weighted by Crippen LogP contribution is 2.17. The van der Waals surface area contributed by atoms with Crippen molar-refractivity contribution in [1.29, 1.82) is 0 Å². The van der Waals surface area contributed by atoms with Crippen LogP contribution in [0.5, 0.6) is 0 Å². The molecule has 1 heterocycles. The molecule has 1 aliphatic rings. The van der Waals surface area contributed by atoms with E-state index in [1.807, 2.05) is 0 Å². The molecule has 0 bridgehead atoms. The molecule has 0 aliphatic carbocycles. The highest BCUT2D eigenvalue weighted by atomic mass is 15.6. The molecule has 0 amide bonds. The molecular weight excluding hydrogens is 534 g/mol. The molecular formula is C41H84N3+. The standard InChI is InChI=1S/C41H84N3/c1-5-8-10-12-14-16-18-20-22-24-26-28-30-32-34-36-38-42-44-39-40(7-3)43(4)41(44)37-35-33-31-29-27-25-23-21-19-17-15-13-11-9-6-2/h40,42H,5-39H2,1-4H3/q+1. The van der Waals surface area contributed by atoms with Crippen molar-refractivity contribution < 1.29 is 4.58 Å². The van der Waals surface area contributed by atoms with Crippen LogP contribution in [0.2, 0.25) is 0 Å². The maximum atomic E-state index is 3.83. The lowest BCUT2D eigenvalue weighted by Crippen LogP contribution is -2.42. The average molecular weight is 619 g/mol. The molecule has 1 rings (SSSR count). The molecule has 0 saturated carbocycles. The number of nitrogens with zero attached hydrogens (tertiary/aromatic N) is 2. The molecule has 262 valence electrons. The molecule has 0 spiro atoms. The summed E-state index contributed by atoms with van der Waals surface area (Å²) in [5.41, 5.74) is 3.83. The summed E-state index contributed by atoms with van der Waals surface area (Å²) in [5, 5.41) is 2.53. The summed E-state index contributed by atoms with van der Waals surface area (Å²) >= 11 is 0. The fraction of sp³-hybridized carbons (Fsp3) is 0.976. The van der Waals surface area contributed by atoms with Gasteiger partial charge in [-0.1, -0.05) is 207 Å². The third-order valence-electron chi connectivity index (χ3n) is 10.5. The number of rotatable bonds is 35. The van der Waals surface area contributed by atoms with Gasteiger partial charge in [0.05, 0.1) is 13.5 Å². The highest BCUT2D eigenvalue weighted by Gasteiger charge is 2.35. The second kappa shape index (κ2) is 32.4. The first kappa shape index (κ1) is 41.5. The van der Waals surface area contributed by atoms with E-state index in [0.29, 0.717) is 6.04 Å². The predicted octanol–water partition coefficient (Wildman–Crippen LogP) is 13.1. The largest absolute Gasteiger partial charge is 0.265 e. The lowest BCUT2D eigenvalue weighted by Gasteiger charge is -2.14. The van der Waals surface area contributed by atoms with Gasteiger partial charge in [-0.2, -0.15) is 10.4 Å². The molecule has 1 unspecified atom stereocenters. The van der Waals surface area contributed by atoms with Crippen LogP contribution in [0, 0.1) is 0 Å². The van der Waals surface area contributed by atoms with E-state index in [2.05, 4.69) is 42.8 Å². The lowest BCUT2D eigenvalue weighted by molar-refractivity contribution is -0.528. The Morgan fingerprint density at radius 3 is 1.14 bits per heavy atom. The molecule has 0 aromatic carbocycles. The number of nitrogens with one attached hydrogen (secondary N) is 1. The van der Waals surface area contributed by atoms with E-state index in [4.69, 9.17) is 0 Å². The van der Waals surface area contributed by atoms with Gasteiger partial charge in [0.25, 0.3) is 5.84 Å². The number of likely N-dealkylation sites (N-methyl/N-ethyl adjacent to an activating group) is 1. The van der Waals surface area contributed by atoms with Gasteiger partial charge in [-0.15, -0.1) is 0 Å². The Morgan fingerprint density at radius 1 is 0.477 bits per heavy atom. The lowest BCUT2D eigenvalue weighted by atomic mass is 10.0. The van der Waals surface area contributed by atoms with Gasteiger partial charge < -0.3 is 0 Å². The third kappa shape index (κ3) is 23.7. The van der Waals surface area contributed by atoms with Crippen molar-refractivity contribution in [3.8, 4) is 0 Å². The van der Waals surface area contributed by atoms with Crippen molar-refractivity contribution in [3.63, 3.8) is 0 Å². The molecule has 3 nitrogen and oxygen atoms in total. The number of hydrogen-bond acceptors (Lipinski definition) is 2. The monoisotopic (exact) mass is 619 g/mol. The topological polar surface area (TPSA) is 18.3 Å². The summed E-state index contributed by atoms with van der Waals surface area (Å²) in [5.74, 6) is 1.56. The Bertz CT molecular complexity index is 615. The summed E-state index contributed by atoms with van der Waals surface area (Å²) in [6, 6.07) is 0.680. The number of hydrogen-bond donors (Lipinski definition) is 1. The van der Waals surface area contributed by atoms with Crippen molar-refractivity contribution in [1.82, 2.24) is 10.4 Å². The van der Waals surface area contributed by atoms with Gasteiger partial charge >= 0.3 is 0 Å². The van der Waals surface area contributed by atoms with E-state index in [0.717, 1.165) is 6.54 Å². The SMILES string of the molecule is CCCCCCCCCCCCCCCCCCNN1CC(CC)[N+](C)=C1CCCCCCCCCCCCCCCCC. The van der Waals surface area contributed by atoms with Gasteiger partial charge in [-0.25, -0.2) is 0 Å². The van der Waals surface area contributed by atoms with E-state index in [1.54, 1.807) is 5.84 Å². The van der Waals surface area contributed by atoms with Gasteiger partial charge in [0.2, 0.25) is 0 Å². The summed E-state index contributed by atoms with van der Waals surface area (Å²) in [7, 11) is 2.34. The molecule has 0 aromatic rings. The van der Waals surface area contributed by atoms with Gasteiger partial charge in [0, 0.05) is 6.54 Å². The second-order valence-electron chi connectivity index (χ2n) is 14.6. The minimum atomic E-state index is 0.680. The van der Waals surface area contributed by atoms with E-state index in [-0.39, 0.29) is 0 Å². The Balaban J connectivity index is 1.97. The van der Waals surface area contributed by atoms with E-state index < -0.39 is 0 Å². The second-order valence-corrected chi connectivity index (χ2v) is 14.6. The first-order valence-corrected chi connectivity index (χ1v) is 20.8. The molecule has 0 radical (unpaired) electrons. The molecule has 1 aliphatic heterocycles. The van der Waals surface area contributed by atoms with Crippen molar-refractivity contribution in [2.24, 2.45) is 0 Å². The normalized spacial score (nSPS) is 15.3. The first-order chi connectivity index (χ1) is 21.7. The van der Waals surface area contributed by atoms with Crippen LogP contribution >= 0.6 is 0 Å². The fourth-order valence-corrected chi connectivity index (χ4v) is 7.25. The first-order valence-electron chi connectivity index (χ1n) is 20.8. The summed E-state index contributed by atoms with van der Waals surface area (Å²) < 4.78 is 2.59. The third-order valence-corrected chi connectivity index (χ3v) is 10.5. The average Bonchev–Trinajstić information content (AvgIpc) is 3.34. The van der Waals surface area contributed by atoms with Crippen LogP contribution in [-0.4, -0.2) is 41.6 Å². The maximum absolute atomic E-state index is 3.83.